The van der Waals surface area contributed by atoms with E-state index < -0.39 is 17.9 Å². The summed E-state index contributed by atoms with van der Waals surface area (Å²) in [7, 11) is 0. The highest BCUT2D eigenvalue weighted by Crippen LogP contribution is 2.16. The second-order valence-corrected chi connectivity index (χ2v) is 4.91. The number of hydrogen-bond donors (Lipinski definition) is 2. The molecular weight excluding hydrogens is 260 g/mol. The van der Waals surface area contributed by atoms with Gasteiger partial charge in [0.1, 0.15) is 12.6 Å². The topological polar surface area (TPSA) is 86.7 Å². The molecule has 2 N–H and O–H groups in total. The van der Waals surface area contributed by atoms with Gasteiger partial charge < -0.3 is 15.3 Å². The fourth-order valence-electron chi connectivity index (χ4n) is 2.28. The molecule has 0 bridgehead atoms. The van der Waals surface area contributed by atoms with E-state index in [-0.39, 0.29) is 19.0 Å². The van der Waals surface area contributed by atoms with Crippen molar-refractivity contribution in [2.45, 2.75) is 19.9 Å². The zero-order chi connectivity index (χ0) is 14.9. The van der Waals surface area contributed by atoms with Gasteiger partial charge in [-0.2, -0.15) is 0 Å². The summed E-state index contributed by atoms with van der Waals surface area (Å²) in [5, 5.41) is 11.6. The summed E-state index contributed by atoms with van der Waals surface area (Å²) in [6.45, 7) is 3.41. The molecule has 1 heterocycles. The van der Waals surface area contributed by atoms with Crippen LogP contribution in [0.25, 0.3) is 0 Å². The van der Waals surface area contributed by atoms with Crippen LogP contribution in [0.2, 0.25) is 0 Å². The number of carboxylic acids is 1. The third-order valence-corrected chi connectivity index (χ3v) is 3.34. The predicted molar refractivity (Wildman–Crippen MR) is 71.4 cm³/mol. The van der Waals surface area contributed by atoms with E-state index in [1.807, 2.05) is 13.0 Å². The molecule has 6 nitrogen and oxygen atoms in total. The van der Waals surface area contributed by atoms with Crippen molar-refractivity contribution in [3.8, 4) is 0 Å². The van der Waals surface area contributed by atoms with Gasteiger partial charge in [0.05, 0.1) is 0 Å². The highest BCUT2D eigenvalue weighted by molar-refractivity contribution is 6.00. The number of nitrogens with zero attached hydrogens (tertiary/aromatic N) is 1. The molecule has 1 saturated heterocycles. The van der Waals surface area contributed by atoms with Gasteiger partial charge >= 0.3 is 5.97 Å². The predicted octanol–water partition coefficient (Wildman–Crippen LogP) is 0.329. The molecule has 0 spiro atoms. The van der Waals surface area contributed by atoms with Crippen molar-refractivity contribution in [2.75, 3.05) is 13.1 Å². The normalized spacial score (nSPS) is 18.6. The van der Waals surface area contributed by atoms with Gasteiger partial charge in [0.2, 0.25) is 5.91 Å². The molecule has 1 aliphatic rings. The van der Waals surface area contributed by atoms with Crippen LogP contribution in [0.4, 0.5) is 0 Å². The molecule has 6 heteroatoms. The number of carboxylic acid groups (broad SMARTS) is 1. The van der Waals surface area contributed by atoms with Gasteiger partial charge in [-0.15, -0.1) is 0 Å². The lowest BCUT2D eigenvalue weighted by atomic mass is 10.0. The largest absolute Gasteiger partial charge is 0.480 e. The van der Waals surface area contributed by atoms with Crippen LogP contribution in [-0.2, 0) is 9.59 Å². The molecule has 1 aromatic carbocycles. The van der Waals surface area contributed by atoms with Crippen molar-refractivity contribution in [1.82, 2.24) is 10.2 Å². The minimum absolute atomic E-state index is 0.0647. The summed E-state index contributed by atoms with van der Waals surface area (Å²) in [6.07, 6.45) is 0. The Hall–Kier alpha value is -2.37. The number of piperazine rings is 1. The molecule has 0 saturated carbocycles. The third kappa shape index (κ3) is 2.64. The molecule has 1 aliphatic heterocycles. The van der Waals surface area contributed by atoms with Gasteiger partial charge in [-0.25, -0.2) is 4.79 Å². The Balaban J connectivity index is 2.33. The highest BCUT2D eigenvalue weighted by atomic mass is 16.4. The van der Waals surface area contributed by atoms with Crippen LogP contribution >= 0.6 is 0 Å². The fourth-order valence-corrected chi connectivity index (χ4v) is 2.28. The molecule has 1 fully saturated rings. The Morgan fingerprint density at radius 3 is 2.65 bits per heavy atom. The average molecular weight is 276 g/mol. The first-order valence-corrected chi connectivity index (χ1v) is 6.28. The van der Waals surface area contributed by atoms with Crippen molar-refractivity contribution in [3.05, 3.63) is 34.9 Å². The zero-order valence-electron chi connectivity index (χ0n) is 11.3. The van der Waals surface area contributed by atoms with Gasteiger partial charge in [-0.1, -0.05) is 17.7 Å². The number of hydrogen-bond acceptors (Lipinski definition) is 3. The van der Waals surface area contributed by atoms with Gasteiger partial charge in [-0.3, -0.25) is 9.59 Å². The van der Waals surface area contributed by atoms with Crippen LogP contribution < -0.4 is 5.32 Å². The van der Waals surface area contributed by atoms with E-state index in [1.165, 1.54) is 0 Å². The molecule has 1 unspecified atom stereocenters. The number of carbonyl (C=O) groups excluding carboxylic acids is 2. The van der Waals surface area contributed by atoms with E-state index in [2.05, 4.69) is 5.32 Å². The second-order valence-electron chi connectivity index (χ2n) is 4.91. The fraction of sp³-hybridized carbons (Fsp3) is 0.357. The van der Waals surface area contributed by atoms with Crippen molar-refractivity contribution in [1.29, 1.82) is 0 Å². The van der Waals surface area contributed by atoms with Crippen molar-refractivity contribution in [3.63, 3.8) is 0 Å². The third-order valence-electron chi connectivity index (χ3n) is 3.34. The zero-order valence-corrected chi connectivity index (χ0v) is 11.3. The summed E-state index contributed by atoms with van der Waals surface area (Å²) in [4.78, 5) is 36.2. The molecule has 20 heavy (non-hydrogen) atoms. The molecular formula is C14H16N2O4. The number of carbonyl (C=O) groups is 3. The molecule has 2 amide bonds. The van der Waals surface area contributed by atoms with Crippen molar-refractivity contribution < 1.29 is 19.5 Å². The molecule has 1 atom stereocenters. The van der Waals surface area contributed by atoms with Crippen LogP contribution in [0.1, 0.15) is 21.5 Å². The van der Waals surface area contributed by atoms with E-state index >= 15 is 0 Å². The van der Waals surface area contributed by atoms with Crippen LogP contribution in [-0.4, -0.2) is 46.9 Å². The maximum atomic E-state index is 12.5. The van der Waals surface area contributed by atoms with Crippen LogP contribution in [0, 0.1) is 13.8 Å². The Morgan fingerprint density at radius 1 is 1.35 bits per heavy atom. The summed E-state index contributed by atoms with van der Waals surface area (Å²) < 4.78 is 0. The standard InChI is InChI=1S/C14H16N2O4/c1-8-3-4-10(9(2)5-8)13(18)16-7-12(17)15-6-11(16)14(19)20/h3-5,11H,6-7H2,1-2H3,(H,15,17)(H,19,20). The maximum absolute atomic E-state index is 12.5. The smallest absolute Gasteiger partial charge is 0.328 e. The van der Waals surface area contributed by atoms with E-state index in [0.717, 1.165) is 16.0 Å². The summed E-state index contributed by atoms with van der Waals surface area (Å²) >= 11 is 0. The summed E-state index contributed by atoms with van der Waals surface area (Å²) in [5.74, 6) is -1.89. The summed E-state index contributed by atoms with van der Waals surface area (Å²) in [5.41, 5.74) is 2.21. The average Bonchev–Trinajstić information content (AvgIpc) is 2.37. The Morgan fingerprint density at radius 2 is 2.05 bits per heavy atom. The van der Waals surface area contributed by atoms with Gasteiger partial charge in [0.25, 0.3) is 5.91 Å². The van der Waals surface area contributed by atoms with E-state index in [0.29, 0.717) is 5.56 Å². The first-order valence-electron chi connectivity index (χ1n) is 6.28. The Kier molecular flexibility index (Phi) is 3.74. The minimum Gasteiger partial charge on any atom is -0.480 e. The lowest BCUT2D eigenvalue weighted by Gasteiger charge is -2.33. The number of amides is 2. The van der Waals surface area contributed by atoms with Gasteiger partial charge in [0, 0.05) is 12.1 Å². The lowest BCUT2D eigenvalue weighted by molar-refractivity contribution is -0.144. The minimum atomic E-state index is -1.12. The van der Waals surface area contributed by atoms with Crippen molar-refractivity contribution >= 4 is 17.8 Å². The SMILES string of the molecule is Cc1ccc(C(=O)N2CC(=O)NCC2C(=O)O)c(C)c1. The Labute approximate surface area is 116 Å². The molecule has 0 radical (unpaired) electrons. The lowest BCUT2D eigenvalue weighted by Crippen LogP contribution is -2.59. The highest BCUT2D eigenvalue weighted by Gasteiger charge is 2.35. The molecule has 106 valence electrons. The van der Waals surface area contributed by atoms with Crippen LogP contribution in [0.15, 0.2) is 18.2 Å². The molecule has 1 aromatic rings. The number of benzene rings is 1. The van der Waals surface area contributed by atoms with Gasteiger partial charge in [0.15, 0.2) is 0 Å². The number of aryl methyl sites for hydroxylation is 2. The molecule has 2 rings (SSSR count). The van der Waals surface area contributed by atoms with E-state index in [4.69, 9.17) is 5.11 Å². The number of rotatable bonds is 2. The van der Waals surface area contributed by atoms with Crippen LogP contribution in [0.3, 0.4) is 0 Å². The van der Waals surface area contributed by atoms with Crippen molar-refractivity contribution in [2.24, 2.45) is 0 Å². The van der Waals surface area contributed by atoms with Crippen LogP contribution in [0.5, 0.6) is 0 Å². The Bertz CT molecular complexity index is 583. The second kappa shape index (κ2) is 5.32. The quantitative estimate of drug-likeness (QED) is 0.815. The number of nitrogens with one attached hydrogen (secondary N) is 1. The number of aliphatic carboxylic acids is 1. The van der Waals surface area contributed by atoms with E-state index in [9.17, 15) is 14.4 Å². The maximum Gasteiger partial charge on any atom is 0.328 e. The monoisotopic (exact) mass is 276 g/mol. The summed E-state index contributed by atoms with van der Waals surface area (Å²) in [6, 6.07) is 4.28. The molecule has 0 aliphatic carbocycles. The van der Waals surface area contributed by atoms with Gasteiger partial charge in [-0.05, 0) is 25.5 Å². The first kappa shape index (κ1) is 14.0. The van der Waals surface area contributed by atoms with E-state index in [1.54, 1.807) is 19.1 Å². The first-order chi connectivity index (χ1) is 9.40. The molecule has 0 aromatic heterocycles.